The van der Waals surface area contributed by atoms with Gasteiger partial charge in [0.2, 0.25) is 0 Å². The van der Waals surface area contributed by atoms with E-state index in [0.717, 1.165) is 30.0 Å². The average Bonchev–Trinajstić information content (AvgIpc) is 2.89. The molecule has 3 nitrogen and oxygen atoms in total. The molecule has 2 rings (SSSR count). The van der Waals surface area contributed by atoms with Crippen LogP contribution in [0.25, 0.3) is 10.4 Å². The van der Waals surface area contributed by atoms with Gasteiger partial charge in [-0.2, -0.15) is 0 Å². The smallest absolute Gasteiger partial charge is 0.350 e. The average molecular weight is 439 g/mol. The van der Waals surface area contributed by atoms with Gasteiger partial charge in [0.05, 0.1) is 19.9 Å². The zero-order valence-electron chi connectivity index (χ0n) is 11.0. The summed E-state index contributed by atoms with van der Waals surface area (Å²) in [5.41, 5.74) is 8.73. The Labute approximate surface area is 142 Å². The Bertz CT molecular complexity index is 649. The number of nitrogen functional groups attached to an aromatic ring is 1. The number of esters is 1. The minimum Gasteiger partial charge on any atom is -0.462 e. The molecule has 0 bridgehead atoms. The monoisotopic (exact) mass is 437 g/mol. The molecule has 0 saturated heterocycles. The van der Waals surface area contributed by atoms with Crippen LogP contribution in [0.3, 0.4) is 0 Å². The van der Waals surface area contributed by atoms with Crippen molar-refractivity contribution in [3.8, 4) is 10.4 Å². The Morgan fingerprint density at radius 1 is 1.35 bits per heavy atom. The number of carbonyl (C=O) groups is 1. The Morgan fingerprint density at radius 2 is 2.05 bits per heavy atom. The fourth-order valence-electron chi connectivity index (χ4n) is 1.89. The van der Waals surface area contributed by atoms with Crippen molar-refractivity contribution < 1.29 is 9.53 Å². The van der Waals surface area contributed by atoms with Crippen molar-refractivity contribution in [1.29, 1.82) is 0 Å². The van der Waals surface area contributed by atoms with Crippen LogP contribution in [0.1, 0.15) is 29.1 Å². The molecule has 2 N–H and O–H groups in total. The number of hydrogen-bond donors (Lipinski definition) is 1. The second-order valence-corrected chi connectivity index (χ2v) is 8.73. The maximum Gasteiger partial charge on any atom is 0.350 e. The topological polar surface area (TPSA) is 52.3 Å². The summed E-state index contributed by atoms with van der Waals surface area (Å²) in [6.45, 7) is 4.17. The highest BCUT2D eigenvalue weighted by Crippen LogP contribution is 2.46. The summed E-state index contributed by atoms with van der Waals surface area (Å²) >= 11 is 10.0. The lowest BCUT2D eigenvalue weighted by atomic mass is 10.1. The van der Waals surface area contributed by atoms with E-state index in [1.165, 1.54) is 11.3 Å². The van der Waals surface area contributed by atoms with Crippen LogP contribution >= 0.6 is 54.5 Å². The van der Waals surface area contributed by atoms with Gasteiger partial charge < -0.3 is 10.5 Å². The van der Waals surface area contributed by atoms with Gasteiger partial charge in [-0.3, -0.25) is 0 Å². The van der Waals surface area contributed by atoms with E-state index >= 15 is 0 Å². The molecular weight excluding hydrogens is 426 g/mol. The largest absolute Gasteiger partial charge is 0.462 e. The highest BCUT2D eigenvalue weighted by atomic mass is 79.9. The van der Waals surface area contributed by atoms with Crippen LogP contribution in [0.5, 0.6) is 0 Å². The molecule has 20 heavy (non-hydrogen) atoms. The third-order valence-electron chi connectivity index (χ3n) is 2.76. The molecular formula is C13H13Br2NO2S2. The molecule has 0 aliphatic heterocycles. The quantitative estimate of drug-likeness (QED) is 0.656. The molecule has 0 saturated carbocycles. The molecule has 0 spiro atoms. The minimum absolute atomic E-state index is 0.346. The molecule has 2 heterocycles. The Hall–Kier alpha value is -0.370. The zero-order chi connectivity index (χ0) is 14.9. The van der Waals surface area contributed by atoms with E-state index in [0.29, 0.717) is 17.2 Å². The van der Waals surface area contributed by atoms with Gasteiger partial charge in [0.1, 0.15) is 4.88 Å². The summed E-state index contributed by atoms with van der Waals surface area (Å²) in [5, 5.41) is 0. The van der Waals surface area contributed by atoms with Crippen LogP contribution in [0.4, 0.5) is 5.69 Å². The molecule has 0 unspecified atom stereocenters. The fraction of sp³-hybridized carbons (Fsp3) is 0.308. The number of anilines is 1. The van der Waals surface area contributed by atoms with Crippen LogP contribution in [-0.2, 0) is 11.2 Å². The van der Waals surface area contributed by atoms with Gasteiger partial charge in [-0.05, 0) is 56.8 Å². The van der Waals surface area contributed by atoms with Crippen molar-refractivity contribution in [3.63, 3.8) is 0 Å². The minimum atomic E-state index is -0.346. The van der Waals surface area contributed by atoms with Crippen LogP contribution in [0.15, 0.2) is 13.6 Å². The summed E-state index contributed by atoms with van der Waals surface area (Å²) in [6.07, 6.45) is 0.775. The zero-order valence-corrected chi connectivity index (χ0v) is 15.8. The van der Waals surface area contributed by atoms with E-state index in [1.807, 2.05) is 13.0 Å². The summed E-state index contributed by atoms with van der Waals surface area (Å²) in [5.74, 6) is -0.346. The van der Waals surface area contributed by atoms with Crippen molar-refractivity contribution in [2.75, 3.05) is 12.3 Å². The Kier molecular flexibility index (Phi) is 5.28. The number of rotatable bonds is 4. The second-order valence-electron chi connectivity index (χ2n) is 3.96. The van der Waals surface area contributed by atoms with Crippen LogP contribution in [0, 0.1) is 0 Å². The van der Waals surface area contributed by atoms with E-state index < -0.39 is 0 Å². The van der Waals surface area contributed by atoms with Gasteiger partial charge in [0, 0.05) is 10.4 Å². The van der Waals surface area contributed by atoms with Crippen molar-refractivity contribution >= 4 is 66.2 Å². The second kappa shape index (κ2) is 6.60. The summed E-state index contributed by atoms with van der Waals surface area (Å²) < 4.78 is 7.12. The highest BCUT2D eigenvalue weighted by molar-refractivity contribution is 9.12. The van der Waals surface area contributed by atoms with E-state index in [-0.39, 0.29) is 5.97 Å². The van der Waals surface area contributed by atoms with Gasteiger partial charge in [-0.1, -0.05) is 6.92 Å². The van der Waals surface area contributed by atoms with Crippen molar-refractivity contribution in [1.82, 2.24) is 0 Å². The predicted octanol–water partition coefficient (Wildman–Crippen LogP) is 5.32. The SMILES string of the molecule is CCOC(=O)c1sc(-c2cc(Br)sc2Br)c(CC)c1N. The van der Waals surface area contributed by atoms with Crippen LogP contribution < -0.4 is 5.73 Å². The van der Waals surface area contributed by atoms with Gasteiger partial charge in [0.25, 0.3) is 0 Å². The number of hydrogen-bond acceptors (Lipinski definition) is 5. The molecule has 0 radical (unpaired) electrons. The van der Waals surface area contributed by atoms with Crippen LogP contribution in [-0.4, -0.2) is 12.6 Å². The normalized spacial score (nSPS) is 10.8. The molecule has 2 aromatic heterocycles. The van der Waals surface area contributed by atoms with Crippen molar-refractivity contribution in [2.24, 2.45) is 0 Å². The molecule has 0 aliphatic rings. The molecule has 0 amide bonds. The lowest BCUT2D eigenvalue weighted by Gasteiger charge is -2.01. The maximum absolute atomic E-state index is 12.0. The molecule has 7 heteroatoms. The third-order valence-corrected chi connectivity index (χ3v) is 6.36. The van der Waals surface area contributed by atoms with Crippen molar-refractivity contribution in [2.45, 2.75) is 20.3 Å². The molecule has 2 aromatic rings. The maximum atomic E-state index is 12.0. The summed E-state index contributed by atoms with van der Waals surface area (Å²) in [4.78, 5) is 13.5. The first kappa shape index (κ1) is 16.0. The third kappa shape index (κ3) is 2.95. The van der Waals surface area contributed by atoms with Crippen molar-refractivity contribution in [3.05, 3.63) is 24.1 Å². The highest BCUT2D eigenvalue weighted by Gasteiger charge is 2.23. The number of nitrogens with two attached hydrogens (primary N) is 1. The van der Waals surface area contributed by atoms with E-state index in [1.54, 1.807) is 18.3 Å². The lowest BCUT2D eigenvalue weighted by molar-refractivity contribution is 0.0533. The first-order valence-corrected chi connectivity index (χ1v) is 9.24. The lowest BCUT2D eigenvalue weighted by Crippen LogP contribution is -2.05. The molecule has 0 atom stereocenters. The predicted molar refractivity (Wildman–Crippen MR) is 92.8 cm³/mol. The van der Waals surface area contributed by atoms with E-state index in [9.17, 15) is 4.79 Å². The first-order valence-electron chi connectivity index (χ1n) is 6.03. The fourth-order valence-corrected chi connectivity index (χ4v) is 6.13. The van der Waals surface area contributed by atoms with Gasteiger partial charge in [-0.25, -0.2) is 4.79 Å². The standard InChI is InChI=1S/C13H13Br2NO2S2/c1-3-6-9(16)11(13(17)18-4-2)20-10(6)7-5-8(14)19-12(7)15/h5H,3-4,16H2,1-2H3. The number of ether oxygens (including phenoxy) is 1. The Balaban J connectivity index is 2.56. The first-order chi connectivity index (χ1) is 9.49. The van der Waals surface area contributed by atoms with Gasteiger partial charge >= 0.3 is 5.97 Å². The molecule has 0 aromatic carbocycles. The van der Waals surface area contributed by atoms with E-state index in [2.05, 4.69) is 31.9 Å². The molecule has 108 valence electrons. The molecule has 0 fully saturated rings. The van der Waals surface area contributed by atoms with Gasteiger partial charge in [-0.15, -0.1) is 22.7 Å². The number of carbonyl (C=O) groups excluding carboxylic acids is 1. The summed E-state index contributed by atoms with van der Waals surface area (Å²) in [7, 11) is 0. The summed E-state index contributed by atoms with van der Waals surface area (Å²) in [6, 6.07) is 2.04. The van der Waals surface area contributed by atoms with E-state index in [4.69, 9.17) is 10.5 Å². The van der Waals surface area contributed by atoms with Gasteiger partial charge in [0.15, 0.2) is 0 Å². The number of halogens is 2. The number of thiophene rings is 2. The Morgan fingerprint density at radius 3 is 2.55 bits per heavy atom. The van der Waals surface area contributed by atoms with Crippen LogP contribution in [0.2, 0.25) is 0 Å². The molecule has 0 aliphatic carbocycles.